The second-order valence-corrected chi connectivity index (χ2v) is 10.4. The van der Waals surface area contributed by atoms with Crippen LogP contribution in [0, 0.1) is 0 Å². The van der Waals surface area contributed by atoms with Crippen molar-refractivity contribution in [3.05, 3.63) is 82.3 Å². The lowest BCUT2D eigenvalue weighted by molar-refractivity contribution is 0.00193. The minimum atomic E-state index is -1.15. The molecule has 0 saturated heterocycles. The standard InChI is InChI=1S/C24H26Cl2O3Si/c1-4-24(29-30(2)3)28-21-7-5-6-19(15-21)18-9-11-20(12-10-18)27-16-17-8-13-22(25)23(26)14-17/h5-15,24,30H,4,16H2,1-3H3. The smallest absolute Gasteiger partial charge is 0.190 e. The van der Waals surface area contributed by atoms with Crippen LogP contribution in [-0.4, -0.2) is 15.3 Å². The summed E-state index contributed by atoms with van der Waals surface area (Å²) in [5.41, 5.74) is 3.14. The van der Waals surface area contributed by atoms with Crippen LogP contribution in [0.5, 0.6) is 11.5 Å². The molecule has 0 heterocycles. The molecular formula is C24H26Cl2O3Si. The summed E-state index contributed by atoms with van der Waals surface area (Å²) >= 11 is 12.0. The van der Waals surface area contributed by atoms with Crippen molar-refractivity contribution in [1.29, 1.82) is 0 Å². The van der Waals surface area contributed by atoms with E-state index in [1.807, 2.05) is 54.6 Å². The molecule has 3 aromatic rings. The van der Waals surface area contributed by atoms with Crippen LogP contribution in [0.3, 0.4) is 0 Å². The van der Waals surface area contributed by atoms with Gasteiger partial charge in [0.05, 0.1) is 10.0 Å². The van der Waals surface area contributed by atoms with Crippen LogP contribution in [0.1, 0.15) is 18.9 Å². The van der Waals surface area contributed by atoms with E-state index in [1.165, 1.54) is 0 Å². The third-order valence-corrected chi connectivity index (χ3v) is 6.02. The van der Waals surface area contributed by atoms with E-state index in [0.717, 1.165) is 34.6 Å². The van der Waals surface area contributed by atoms with Crippen LogP contribution in [0.4, 0.5) is 0 Å². The Balaban J connectivity index is 1.64. The van der Waals surface area contributed by atoms with Gasteiger partial charge in [-0.15, -0.1) is 0 Å². The van der Waals surface area contributed by atoms with Crippen LogP contribution in [0.15, 0.2) is 66.7 Å². The fourth-order valence-corrected chi connectivity index (χ4v) is 4.13. The molecule has 1 unspecified atom stereocenters. The SMILES string of the molecule is CCC(Oc1cccc(-c2ccc(OCc3ccc(Cl)c(Cl)c3)cc2)c1)O[SiH](C)C. The Kier molecular flexibility index (Phi) is 8.22. The minimum absolute atomic E-state index is 0.191. The van der Waals surface area contributed by atoms with Crippen LogP contribution >= 0.6 is 23.2 Å². The maximum absolute atomic E-state index is 6.06. The number of ether oxygens (including phenoxy) is 2. The molecule has 0 aromatic heterocycles. The lowest BCUT2D eigenvalue weighted by atomic mass is 10.1. The van der Waals surface area contributed by atoms with Crippen LogP contribution in [0.25, 0.3) is 11.1 Å². The number of hydrogen-bond acceptors (Lipinski definition) is 3. The average Bonchev–Trinajstić information content (AvgIpc) is 2.74. The highest BCUT2D eigenvalue weighted by Gasteiger charge is 2.11. The van der Waals surface area contributed by atoms with E-state index in [9.17, 15) is 0 Å². The third-order valence-electron chi connectivity index (χ3n) is 4.44. The zero-order valence-electron chi connectivity index (χ0n) is 17.4. The first-order valence-electron chi connectivity index (χ1n) is 10.0. The predicted molar refractivity (Wildman–Crippen MR) is 127 cm³/mol. The maximum Gasteiger partial charge on any atom is 0.190 e. The van der Waals surface area contributed by atoms with E-state index in [2.05, 4.69) is 26.1 Å². The Morgan fingerprint density at radius 1 is 0.833 bits per heavy atom. The summed E-state index contributed by atoms with van der Waals surface area (Å²) in [6.45, 7) is 6.79. The highest BCUT2D eigenvalue weighted by atomic mass is 35.5. The molecule has 0 spiro atoms. The first-order chi connectivity index (χ1) is 14.4. The van der Waals surface area contributed by atoms with Crippen molar-refractivity contribution in [1.82, 2.24) is 0 Å². The monoisotopic (exact) mass is 460 g/mol. The van der Waals surface area contributed by atoms with Gasteiger partial charge in [-0.25, -0.2) is 0 Å². The molecule has 0 N–H and O–H groups in total. The zero-order valence-corrected chi connectivity index (χ0v) is 20.1. The van der Waals surface area contributed by atoms with Crippen molar-refractivity contribution in [2.75, 3.05) is 0 Å². The Morgan fingerprint density at radius 2 is 1.60 bits per heavy atom. The van der Waals surface area contributed by atoms with E-state index in [4.69, 9.17) is 37.1 Å². The lowest BCUT2D eigenvalue weighted by Gasteiger charge is -2.20. The van der Waals surface area contributed by atoms with Gasteiger partial charge in [0.2, 0.25) is 0 Å². The summed E-state index contributed by atoms with van der Waals surface area (Å²) in [5.74, 6) is 1.60. The lowest BCUT2D eigenvalue weighted by Crippen LogP contribution is -2.25. The van der Waals surface area contributed by atoms with Crippen molar-refractivity contribution in [3.63, 3.8) is 0 Å². The second kappa shape index (κ2) is 10.9. The number of halogens is 2. The van der Waals surface area contributed by atoms with E-state index < -0.39 is 9.04 Å². The molecule has 0 aliphatic heterocycles. The second-order valence-electron chi connectivity index (χ2n) is 7.23. The van der Waals surface area contributed by atoms with Gasteiger partial charge >= 0.3 is 0 Å². The Bertz CT molecular complexity index is 961. The Labute approximate surface area is 190 Å². The van der Waals surface area contributed by atoms with Crippen LogP contribution < -0.4 is 9.47 Å². The van der Waals surface area contributed by atoms with Crippen molar-refractivity contribution in [2.45, 2.75) is 39.3 Å². The van der Waals surface area contributed by atoms with E-state index in [0.29, 0.717) is 16.7 Å². The Morgan fingerprint density at radius 3 is 2.27 bits per heavy atom. The summed E-state index contributed by atoms with van der Waals surface area (Å²) in [6, 6.07) is 21.6. The summed E-state index contributed by atoms with van der Waals surface area (Å²) < 4.78 is 17.8. The normalized spacial score (nSPS) is 12.1. The number of hydrogen-bond donors (Lipinski definition) is 0. The Hall–Kier alpha value is -1.98. The molecule has 3 rings (SSSR count). The molecule has 0 radical (unpaired) electrons. The third kappa shape index (κ3) is 6.51. The van der Waals surface area contributed by atoms with Crippen molar-refractivity contribution in [3.8, 4) is 22.6 Å². The fourth-order valence-electron chi connectivity index (χ4n) is 2.95. The molecule has 158 valence electrons. The molecule has 3 nitrogen and oxygen atoms in total. The molecule has 1 atom stereocenters. The first-order valence-corrected chi connectivity index (χ1v) is 13.6. The molecule has 0 amide bonds. The van der Waals surface area contributed by atoms with Gasteiger partial charge < -0.3 is 13.9 Å². The molecule has 0 aliphatic carbocycles. The fraction of sp³-hybridized carbons (Fsp3) is 0.250. The highest BCUT2D eigenvalue weighted by molar-refractivity contribution is 6.48. The van der Waals surface area contributed by atoms with Crippen LogP contribution in [0.2, 0.25) is 23.1 Å². The van der Waals surface area contributed by atoms with E-state index >= 15 is 0 Å². The minimum Gasteiger partial charge on any atom is -0.489 e. The summed E-state index contributed by atoms with van der Waals surface area (Å²) in [7, 11) is -1.15. The summed E-state index contributed by atoms with van der Waals surface area (Å²) in [4.78, 5) is 0. The molecule has 0 aliphatic rings. The van der Waals surface area contributed by atoms with Crippen molar-refractivity contribution in [2.24, 2.45) is 0 Å². The molecular weight excluding hydrogens is 435 g/mol. The van der Waals surface area contributed by atoms with Gasteiger partial charge in [0.15, 0.2) is 15.3 Å². The van der Waals surface area contributed by atoms with Crippen molar-refractivity contribution < 1.29 is 13.9 Å². The average molecular weight is 461 g/mol. The topological polar surface area (TPSA) is 27.7 Å². The zero-order chi connectivity index (χ0) is 21.5. The van der Waals surface area contributed by atoms with Gasteiger partial charge in [0.25, 0.3) is 0 Å². The molecule has 6 heteroatoms. The maximum atomic E-state index is 6.06. The molecule has 3 aromatic carbocycles. The van der Waals surface area contributed by atoms with Crippen LogP contribution in [-0.2, 0) is 11.0 Å². The van der Waals surface area contributed by atoms with Gasteiger partial charge in [-0.1, -0.05) is 60.5 Å². The molecule has 0 fully saturated rings. The van der Waals surface area contributed by atoms with Gasteiger partial charge in [0, 0.05) is 6.42 Å². The highest BCUT2D eigenvalue weighted by Crippen LogP contribution is 2.28. The largest absolute Gasteiger partial charge is 0.489 e. The number of rotatable bonds is 9. The molecule has 30 heavy (non-hydrogen) atoms. The van der Waals surface area contributed by atoms with Gasteiger partial charge in [-0.2, -0.15) is 0 Å². The van der Waals surface area contributed by atoms with E-state index in [1.54, 1.807) is 6.07 Å². The summed E-state index contributed by atoms with van der Waals surface area (Å²) in [5, 5.41) is 1.07. The van der Waals surface area contributed by atoms with E-state index in [-0.39, 0.29) is 6.29 Å². The van der Waals surface area contributed by atoms with Gasteiger partial charge in [-0.05, 0) is 66.2 Å². The quantitative estimate of drug-likeness (QED) is 0.246. The number of benzene rings is 3. The van der Waals surface area contributed by atoms with Gasteiger partial charge in [0.1, 0.15) is 18.1 Å². The molecule has 0 bridgehead atoms. The predicted octanol–water partition coefficient (Wildman–Crippen LogP) is 7.35. The van der Waals surface area contributed by atoms with Gasteiger partial charge in [-0.3, -0.25) is 0 Å². The summed E-state index contributed by atoms with van der Waals surface area (Å²) in [6.07, 6.45) is 0.629. The van der Waals surface area contributed by atoms with Crippen molar-refractivity contribution >= 4 is 32.2 Å². The first kappa shape index (κ1) is 22.7. The molecule has 0 saturated carbocycles.